The van der Waals surface area contributed by atoms with Crippen LogP contribution in [0.1, 0.15) is 84.0 Å². The molecule has 0 aromatic heterocycles. The Kier molecular flexibility index (Phi) is 4.58. The van der Waals surface area contributed by atoms with E-state index in [1.807, 2.05) is 0 Å². The number of epoxide rings is 1. The van der Waals surface area contributed by atoms with Crippen molar-refractivity contribution in [2.75, 3.05) is 0 Å². The van der Waals surface area contributed by atoms with Gasteiger partial charge in [-0.25, -0.2) is 0 Å². The Labute approximate surface area is 132 Å². The van der Waals surface area contributed by atoms with Gasteiger partial charge in [-0.3, -0.25) is 9.59 Å². The highest BCUT2D eigenvalue weighted by molar-refractivity contribution is 5.95. The summed E-state index contributed by atoms with van der Waals surface area (Å²) in [4.78, 5) is 24.3. The van der Waals surface area contributed by atoms with E-state index in [4.69, 9.17) is 9.47 Å². The predicted octanol–water partition coefficient (Wildman–Crippen LogP) is 3.91. The zero-order chi connectivity index (χ0) is 15.6. The summed E-state index contributed by atoms with van der Waals surface area (Å²) in [6, 6.07) is 0. The molecule has 3 aliphatic rings. The molecule has 0 N–H and O–H groups in total. The maximum Gasteiger partial charge on any atom is 0.308 e. The number of esters is 1. The molecule has 22 heavy (non-hydrogen) atoms. The minimum absolute atomic E-state index is 0.0391. The van der Waals surface area contributed by atoms with Crippen molar-refractivity contribution in [3.63, 3.8) is 0 Å². The highest BCUT2D eigenvalue weighted by Gasteiger charge is 2.82. The second-order valence-electron chi connectivity index (χ2n) is 7.15. The van der Waals surface area contributed by atoms with E-state index < -0.39 is 11.4 Å². The quantitative estimate of drug-likeness (QED) is 0.387. The second-order valence-corrected chi connectivity index (χ2v) is 7.15. The first-order valence-corrected chi connectivity index (χ1v) is 9.10. The summed E-state index contributed by atoms with van der Waals surface area (Å²) in [5, 5.41) is 0. The van der Waals surface area contributed by atoms with E-state index in [-0.39, 0.29) is 17.7 Å². The highest BCUT2D eigenvalue weighted by Crippen LogP contribution is 2.64. The maximum atomic E-state index is 12.4. The summed E-state index contributed by atoms with van der Waals surface area (Å²) in [5.41, 5.74) is -0.763. The van der Waals surface area contributed by atoms with Gasteiger partial charge in [-0.2, -0.15) is 0 Å². The van der Waals surface area contributed by atoms with Gasteiger partial charge in [0.05, 0.1) is 6.42 Å². The number of hydrogen-bond acceptors (Lipinski definition) is 4. The monoisotopic (exact) mass is 308 g/mol. The molecular formula is C18H28O4. The first-order valence-electron chi connectivity index (χ1n) is 9.10. The van der Waals surface area contributed by atoms with Crippen LogP contribution in [0.2, 0.25) is 0 Å². The molecule has 3 atom stereocenters. The molecular weight excluding hydrogens is 280 g/mol. The first kappa shape index (κ1) is 16.0. The van der Waals surface area contributed by atoms with Crippen LogP contribution in [0.5, 0.6) is 0 Å². The predicted molar refractivity (Wildman–Crippen MR) is 82.2 cm³/mol. The zero-order valence-corrected chi connectivity index (χ0v) is 13.7. The molecule has 3 unspecified atom stereocenters. The first-order chi connectivity index (χ1) is 10.6. The fraction of sp³-hybridized carbons (Fsp3) is 0.889. The van der Waals surface area contributed by atoms with Crippen LogP contribution >= 0.6 is 0 Å². The minimum Gasteiger partial charge on any atom is -0.429 e. The normalized spacial score (nSPS) is 36.5. The fourth-order valence-electron chi connectivity index (χ4n) is 4.40. The molecule has 3 fully saturated rings. The summed E-state index contributed by atoms with van der Waals surface area (Å²) < 4.78 is 11.3. The van der Waals surface area contributed by atoms with Gasteiger partial charge in [0.25, 0.3) is 5.79 Å². The Bertz CT molecular complexity index is 446. The van der Waals surface area contributed by atoms with Crippen LogP contribution in [0.3, 0.4) is 0 Å². The summed E-state index contributed by atoms with van der Waals surface area (Å²) in [6.07, 6.45) is 12.0. The van der Waals surface area contributed by atoms with E-state index in [0.717, 1.165) is 19.3 Å². The lowest BCUT2D eigenvalue weighted by molar-refractivity contribution is -0.167. The average Bonchev–Trinajstić information content (AvgIpc) is 3.17. The van der Waals surface area contributed by atoms with Crippen LogP contribution in [-0.2, 0) is 19.1 Å². The van der Waals surface area contributed by atoms with Crippen LogP contribution in [0, 0.1) is 5.92 Å². The largest absolute Gasteiger partial charge is 0.429 e. The van der Waals surface area contributed by atoms with Gasteiger partial charge in [0.2, 0.25) is 0 Å². The third-order valence-corrected chi connectivity index (χ3v) is 5.60. The van der Waals surface area contributed by atoms with Crippen molar-refractivity contribution in [1.29, 1.82) is 0 Å². The number of carbonyl (C=O) groups excluding carboxylic acids is 2. The van der Waals surface area contributed by atoms with E-state index in [1.54, 1.807) is 0 Å². The fourth-order valence-corrected chi connectivity index (χ4v) is 4.40. The van der Waals surface area contributed by atoms with Gasteiger partial charge in [0.15, 0.2) is 11.4 Å². The molecule has 2 heterocycles. The molecule has 2 saturated heterocycles. The van der Waals surface area contributed by atoms with Crippen LogP contribution in [-0.4, -0.2) is 23.1 Å². The van der Waals surface area contributed by atoms with Gasteiger partial charge in [0.1, 0.15) is 0 Å². The molecule has 0 amide bonds. The van der Waals surface area contributed by atoms with Gasteiger partial charge in [-0.05, 0) is 12.8 Å². The number of Topliss-reactive ketones (excluding diaryl/α,β-unsaturated/α-hetero) is 1. The molecule has 3 rings (SSSR count). The van der Waals surface area contributed by atoms with Crippen LogP contribution in [0.4, 0.5) is 0 Å². The number of ether oxygens (including phenoxy) is 2. The molecule has 4 nitrogen and oxygen atoms in total. The summed E-state index contributed by atoms with van der Waals surface area (Å²) in [7, 11) is 0. The molecule has 0 aromatic carbocycles. The Morgan fingerprint density at radius 1 is 1.09 bits per heavy atom. The van der Waals surface area contributed by atoms with Gasteiger partial charge in [-0.1, -0.05) is 51.9 Å². The van der Waals surface area contributed by atoms with Crippen molar-refractivity contribution in [2.24, 2.45) is 5.92 Å². The summed E-state index contributed by atoms with van der Waals surface area (Å²) in [6.45, 7) is 2.23. The van der Waals surface area contributed by atoms with Crippen LogP contribution in [0.25, 0.3) is 0 Å². The molecule has 1 saturated carbocycles. The van der Waals surface area contributed by atoms with Crippen molar-refractivity contribution in [3.8, 4) is 0 Å². The molecule has 0 radical (unpaired) electrons. The third-order valence-electron chi connectivity index (χ3n) is 5.60. The Hall–Kier alpha value is -0.900. The zero-order valence-electron chi connectivity index (χ0n) is 13.7. The van der Waals surface area contributed by atoms with Gasteiger partial charge >= 0.3 is 5.97 Å². The van der Waals surface area contributed by atoms with Crippen molar-refractivity contribution in [1.82, 2.24) is 0 Å². The van der Waals surface area contributed by atoms with Crippen LogP contribution < -0.4 is 0 Å². The van der Waals surface area contributed by atoms with E-state index in [2.05, 4.69) is 6.92 Å². The lowest BCUT2D eigenvalue weighted by atomic mass is 9.72. The maximum absolute atomic E-state index is 12.4. The van der Waals surface area contributed by atoms with Gasteiger partial charge in [0, 0.05) is 18.8 Å². The number of hydrogen-bond donors (Lipinski definition) is 0. The summed E-state index contributed by atoms with van der Waals surface area (Å²) >= 11 is 0. The molecule has 0 aromatic rings. The Morgan fingerprint density at radius 2 is 1.82 bits per heavy atom. The molecule has 124 valence electrons. The van der Waals surface area contributed by atoms with Crippen LogP contribution in [0.15, 0.2) is 0 Å². The van der Waals surface area contributed by atoms with Crippen molar-refractivity contribution >= 4 is 11.8 Å². The van der Waals surface area contributed by atoms with Gasteiger partial charge in [-0.15, -0.1) is 0 Å². The van der Waals surface area contributed by atoms with E-state index in [9.17, 15) is 9.59 Å². The summed E-state index contributed by atoms with van der Waals surface area (Å²) in [5.74, 6) is -0.851. The number of carbonyl (C=O) groups is 2. The van der Waals surface area contributed by atoms with Gasteiger partial charge < -0.3 is 9.47 Å². The average molecular weight is 308 g/mol. The number of unbranched alkanes of at least 4 members (excludes halogenated alkanes) is 6. The van der Waals surface area contributed by atoms with E-state index >= 15 is 0 Å². The lowest BCUT2D eigenvalue weighted by Gasteiger charge is -2.33. The lowest BCUT2D eigenvalue weighted by Crippen LogP contribution is -2.50. The molecule has 0 bridgehead atoms. The van der Waals surface area contributed by atoms with Crippen molar-refractivity contribution < 1.29 is 19.1 Å². The molecule has 0 spiro atoms. The van der Waals surface area contributed by atoms with Crippen molar-refractivity contribution in [3.05, 3.63) is 0 Å². The topological polar surface area (TPSA) is 55.9 Å². The molecule has 2 aliphatic heterocycles. The second kappa shape index (κ2) is 6.31. The standard InChI is InChI=1S/C18H28O4/c1-2-3-4-5-6-7-8-10-14-13-16(20)21-17-12-9-11-15(19)18(14,17)22-17/h14H,2-13H2,1H3. The number of ketones is 1. The third kappa shape index (κ3) is 2.60. The van der Waals surface area contributed by atoms with Crippen molar-refractivity contribution in [2.45, 2.75) is 95.4 Å². The minimum atomic E-state index is -0.872. The molecule has 4 heteroatoms. The molecule has 1 aliphatic carbocycles. The van der Waals surface area contributed by atoms with E-state index in [0.29, 0.717) is 19.3 Å². The Morgan fingerprint density at radius 3 is 2.59 bits per heavy atom. The smallest absolute Gasteiger partial charge is 0.308 e. The number of rotatable bonds is 8. The Balaban J connectivity index is 1.50. The SMILES string of the molecule is CCCCCCCCCC1CC(=O)OC23CCCC(=O)C12O3. The highest BCUT2D eigenvalue weighted by atomic mass is 16.8. The van der Waals surface area contributed by atoms with E-state index in [1.165, 1.54) is 38.5 Å².